The first-order chi connectivity index (χ1) is 9.38. The van der Waals surface area contributed by atoms with E-state index in [-0.39, 0.29) is 11.1 Å². The van der Waals surface area contributed by atoms with Crippen molar-refractivity contribution in [3.8, 4) is 0 Å². The molecule has 2 aromatic rings. The van der Waals surface area contributed by atoms with E-state index in [1.807, 2.05) is 13.0 Å². The molecule has 0 aliphatic carbocycles. The summed E-state index contributed by atoms with van der Waals surface area (Å²) >= 11 is 5.89. The molecule has 0 fully saturated rings. The summed E-state index contributed by atoms with van der Waals surface area (Å²) in [6, 6.07) is 6.81. The fourth-order valence-electron chi connectivity index (χ4n) is 1.76. The molecule has 1 aromatic heterocycles. The molecule has 0 saturated heterocycles. The van der Waals surface area contributed by atoms with Gasteiger partial charge in [-0.25, -0.2) is 0 Å². The maximum absolute atomic E-state index is 12.5. The minimum absolute atomic E-state index is 0.0376. The van der Waals surface area contributed by atoms with Crippen LogP contribution in [0, 0.1) is 0 Å². The number of rotatable bonds is 3. The molecule has 0 amide bonds. The lowest BCUT2D eigenvalue weighted by molar-refractivity contribution is -0.137. The Morgan fingerprint density at radius 1 is 1.25 bits per heavy atom. The molecule has 0 aliphatic heterocycles. The molecule has 0 spiro atoms. The molecule has 2 rings (SSSR count). The highest BCUT2D eigenvalue weighted by Gasteiger charge is 2.30. The van der Waals surface area contributed by atoms with E-state index in [1.165, 1.54) is 6.07 Å². The van der Waals surface area contributed by atoms with Gasteiger partial charge in [-0.05, 0) is 36.8 Å². The highest BCUT2D eigenvalue weighted by molar-refractivity contribution is 6.33. The molecular weight excluding hydrogens is 289 g/mol. The van der Waals surface area contributed by atoms with Crippen molar-refractivity contribution in [3.63, 3.8) is 0 Å². The SMILES string of the molecule is CC(Nc1ccc(C(F)(F)F)cc1Cl)c1cccnc1. The molecule has 2 nitrogen and oxygen atoms in total. The van der Waals surface area contributed by atoms with Crippen LogP contribution < -0.4 is 5.32 Å². The molecule has 0 bridgehead atoms. The van der Waals surface area contributed by atoms with Crippen LogP contribution in [0.2, 0.25) is 5.02 Å². The summed E-state index contributed by atoms with van der Waals surface area (Å²) in [6.07, 6.45) is -1.05. The third-order valence-corrected chi connectivity index (χ3v) is 3.17. The molecule has 106 valence electrons. The summed E-state index contributed by atoms with van der Waals surface area (Å²) in [7, 11) is 0. The lowest BCUT2D eigenvalue weighted by Crippen LogP contribution is -2.09. The van der Waals surface area contributed by atoms with E-state index < -0.39 is 11.7 Å². The van der Waals surface area contributed by atoms with Crippen molar-refractivity contribution in [2.45, 2.75) is 19.1 Å². The lowest BCUT2D eigenvalue weighted by atomic mass is 10.1. The molecule has 0 saturated carbocycles. The van der Waals surface area contributed by atoms with Crippen LogP contribution in [0.5, 0.6) is 0 Å². The van der Waals surface area contributed by atoms with E-state index in [1.54, 1.807) is 18.5 Å². The predicted octanol–water partition coefficient (Wildman–Crippen LogP) is 4.93. The summed E-state index contributed by atoms with van der Waals surface area (Å²) in [6.45, 7) is 1.88. The number of aromatic nitrogens is 1. The summed E-state index contributed by atoms with van der Waals surface area (Å²) < 4.78 is 37.6. The highest BCUT2D eigenvalue weighted by atomic mass is 35.5. The van der Waals surface area contributed by atoms with Gasteiger partial charge in [-0.2, -0.15) is 13.2 Å². The van der Waals surface area contributed by atoms with Crippen molar-refractivity contribution < 1.29 is 13.2 Å². The molecule has 20 heavy (non-hydrogen) atoms. The molecule has 1 unspecified atom stereocenters. The third-order valence-electron chi connectivity index (χ3n) is 2.85. The number of anilines is 1. The van der Waals surface area contributed by atoms with E-state index in [2.05, 4.69) is 10.3 Å². The third kappa shape index (κ3) is 3.42. The monoisotopic (exact) mass is 300 g/mol. The van der Waals surface area contributed by atoms with Gasteiger partial charge >= 0.3 is 6.18 Å². The fourth-order valence-corrected chi connectivity index (χ4v) is 1.99. The van der Waals surface area contributed by atoms with Gasteiger partial charge < -0.3 is 5.32 Å². The predicted molar refractivity (Wildman–Crippen MR) is 72.7 cm³/mol. The number of pyridine rings is 1. The van der Waals surface area contributed by atoms with E-state index in [0.29, 0.717) is 5.69 Å². The van der Waals surface area contributed by atoms with Gasteiger partial charge in [0.1, 0.15) is 0 Å². The second-order valence-electron chi connectivity index (χ2n) is 4.34. The quantitative estimate of drug-likeness (QED) is 0.869. The van der Waals surface area contributed by atoms with Crippen LogP contribution in [0.4, 0.5) is 18.9 Å². The summed E-state index contributed by atoms with van der Waals surface area (Å²) in [5.41, 5.74) is 0.613. The number of alkyl halides is 3. The average Bonchev–Trinajstić information content (AvgIpc) is 2.41. The van der Waals surface area contributed by atoms with Crippen molar-refractivity contribution in [3.05, 3.63) is 58.9 Å². The second-order valence-corrected chi connectivity index (χ2v) is 4.75. The van der Waals surface area contributed by atoms with E-state index in [0.717, 1.165) is 17.7 Å². The van der Waals surface area contributed by atoms with E-state index >= 15 is 0 Å². The van der Waals surface area contributed by atoms with Crippen LogP contribution in [0.25, 0.3) is 0 Å². The van der Waals surface area contributed by atoms with Gasteiger partial charge in [-0.3, -0.25) is 4.98 Å². The number of benzene rings is 1. The zero-order valence-electron chi connectivity index (χ0n) is 10.6. The maximum atomic E-state index is 12.5. The molecule has 0 radical (unpaired) electrons. The molecule has 1 N–H and O–H groups in total. The summed E-state index contributed by atoms with van der Waals surface area (Å²) in [4.78, 5) is 3.99. The Hall–Kier alpha value is -1.75. The minimum Gasteiger partial charge on any atom is -0.377 e. The van der Waals surface area contributed by atoms with Gasteiger partial charge in [0.2, 0.25) is 0 Å². The first-order valence-corrected chi connectivity index (χ1v) is 6.29. The first-order valence-electron chi connectivity index (χ1n) is 5.91. The van der Waals surface area contributed by atoms with Crippen LogP contribution in [-0.2, 0) is 6.18 Å². The van der Waals surface area contributed by atoms with E-state index in [9.17, 15) is 13.2 Å². The Bertz CT molecular complexity index is 585. The second kappa shape index (κ2) is 5.71. The standard InChI is InChI=1S/C14H12ClF3N2/c1-9(10-3-2-6-19-8-10)20-13-5-4-11(7-12(13)15)14(16,17)18/h2-9,20H,1H3. The van der Waals surface area contributed by atoms with Crippen LogP contribution >= 0.6 is 11.6 Å². The van der Waals surface area contributed by atoms with Gasteiger partial charge in [0.05, 0.1) is 22.3 Å². The molecule has 1 aromatic carbocycles. The Labute approximate surface area is 119 Å². The first kappa shape index (κ1) is 14.7. The van der Waals surface area contributed by atoms with Crippen LogP contribution in [0.15, 0.2) is 42.7 Å². The highest BCUT2D eigenvalue weighted by Crippen LogP contribution is 2.34. The van der Waals surface area contributed by atoms with E-state index in [4.69, 9.17) is 11.6 Å². The normalized spacial score (nSPS) is 13.1. The number of hydrogen-bond donors (Lipinski definition) is 1. The molecular formula is C14H12ClF3N2. The van der Waals surface area contributed by atoms with Gasteiger partial charge in [0.15, 0.2) is 0 Å². The van der Waals surface area contributed by atoms with Gasteiger partial charge in [0, 0.05) is 12.4 Å². The summed E-state index contributed by atoms with van der Waals surface area (Å²) in [5.74, 6) is 0. The maximum Gasteiger partial charge on any atom is 0.416 e. The zero-order chi connectivity index (χ0) is 14.8. The van der Waals surface area contributed by atoms with Crippen LogP contribution in [0.3, 0.4) is 0 Å². The Morgan fingerprint density at radius 2 is 2.00 bits per heavy atom. The molecule has 1 heterocycles. The van der Waals surface area contributed by atoms with Crippen molar-refractivity contribution in [1.29, 1.82) is 0 Å². The summed E-state index contributed by atoms with van der Waals surface area (Å²) in [5, 5.41) is 3.10. The zero-order valence-corrected chi connectivity index (χ0v) is 11.3. The molecule has 6 heteroatoms. The fraction of sp³-hybridized carbons (Fsp3) is 0.214. The molecule has 1 atom stereocenters. The van der Waals surface area contributed by atoms with Gasteiger partial charge in [0.25, 0.3) is 0 Å². The van der Waals surface area contributed by atoms with Crippen LogP contribution in [-0.4, -0.2) is 4.98 Å². The largest absolute Gasteiger partial charge is 0.416 e. The Kier molecular flexibility index (Phi) is 4.18. The molecule has 0 aliphatic rings. The van der Waals surface area contributed by atoms with Crippen molar-refractivity contribution in [2.24, 2.45) is 0 Å². The smallest absolute Gasteiger partial charge is 0.377 e. The minimum atomic E-state index is -4.39. The van der Waals surface area contributed by atoms with Crippen molar-refractivity contribution in [2.75, 3.05) is 5.32 Å². The number of nitrogens with zero attached hydrogens (tertiary/aromatic N) is 1. The lowest BCUT2D eigenvalue weighted by Gasteiger charge is -2.17. The van der Waals surface area contributed by atoms with Gasteiger partial charge in [-0.15, -0.1) is 0 Å². The topological polar surface area (TPSA) is 24.9 Å². The number of nitrogens with one attached hydrogen (secondary N) is 1. The number of halogens is 4. The average molecular weight is 301 g/mol. The number of hydrogen-bond acceptors (Lipinski definition) is 2. The van der Waals surface area contributed by atoms with Crippen LogP contribution in [0.1, 0.15) is 24.1 Å². The van der Waals surface area contributed by atoms with Crippen molar-refractivity contribution >= 4 is 17.3 Å². The Balaban J connectivity index is 2.18. The Morgan fingerprint density at radius 3 is 2.55 bits per heavy atom. The van der Waals surface area contributed by atoms with Gasteiger partial charge in [-0.1, -0.05) is 17.7 Å². The van der Waals surface area contributed by atoms with Crippen molar-refractivity contribution in [1.82, 2.24) is 4.98 Å².